The first-order valence-electron chi connectivity index (χ1n) is 14.3. The van der Waals surface area contributed by atoms with Crippen LogP contribution in [0.15, 0.2) is 23.2 Å². The SMILES string of the molecule is CC(C)OC(C=O)N1Cc2c(cccc2OCCCC(=O)N(C2CCCCC2)C2CCCCC2)N=C1N. The zero-order valence-electron chi connectivity index (χ0n) is 22.6. The van der Waals surface area contributed by atoms with Gasteiger partial charge in [-0.1, -0.05) is 44.6 Å². The number of hydrogen-bond donors (Lipinski definition) is 1. The summed E-state index contributed by atoms with van der Waals surface area (Å²) in [4.78, 5) is 33.6. The standard InChI is InChI=1S/C29H44N4O4/c1-21(2)37-28(20-34)32-19-24-25(31-29(32)30)15-9-16-26(24)36-18-10-17-27(35)33(22-11-5-3-6-12-22)23-13-7-4-8-14-23/h9,15-16,20-23,28H,3-8,10-14,17-19H2,1-2H3,(H2,30,31). The van der Waals surface area contributed by atoms with Crippen molar-refractivity contribution in [2.24, 2.45) is 10.7 Å². The lowest BCUT2D eigenvalue weighted by atomic mass is 9.88. The number of carbonyl (C=O) groups excluding carboxylic acids is 2. The molecular weight excluding hydrogens is 468 g/mol. The lowest BCUT2D eigenvalue weighted by Gasteiger charge is -2.42. The summed E-state index contributed by atoms with van der Waals surface area (Å²) >= 11 is 0. The molecule has 2 saturated carbocycles. The Kier molecular flexibility index (Phi) is 9.83. The van der Waals surface area contributed by atoms with Crippen molar-refractivity contribution >= 4 is 23.8 Å². The van der Waals surface area contributed by atoms with Crippen LogP contribution in [0, 0.1) is 0 Å². The predicted octanol–water partition coefficient (Wildman–Crippen LogP) is 5.05. The number of nitrogens with zero attached hydrogens (tertiary/aromatic N) is 3. The highest BCUT2D eigenvalue weighted by molar-refractivity contribution is 5.86. The molecule has 2 fully saturated rings. The molecule has 1 unspecified atom stereocenters. The highest BCUT2D eigenvalue weighted by Gasteiger charge is 2.32. The first-order chi connectivity index (χ1) is 18.0. The van der Waals surface area contributed by atoms with Gasteiger partial charge in [0.15, 0.2) is 18.5 Å². The minimum absolute atomic E-state index is 0.129. The van der Waals surface area contributed by atoms with Crippen LogP contribution in [0.5, 0.6) is 5.75 Å². The molecule has 8 heteroatoms. The lowest BCUT2D eigenvalue weighted by molar-refractivity contribution is -0.138. The van der Waals surface area contributed by atoms with E-state index >= 15 is 0 Å². The van der Waals surface area contributed by atoms with Gasteiger partial charge in [-0.15, -0.1) is 0 Å². The van der Waals surface area contributed by atoms with Crippen molar-refractivity contribution in [1.29, 1.82) is 0 Å². The molecule has 8 nitrogen and oxygen atoms in total. The number of benzene rings is 1. The van der Waals surface area contributed by atoms with Crippen molar-refractivity contribution in [3.63, 3.8) is 0 Å². The van der Waals surface area contributed by atoms with Gasteiger partial charge in [-0.2, -0.15) is 0 Å². The van der Waals surface area contributed by atoms with Crippen molar-refractivity contribution in [2.45, 2.75) is 122 Å². The summed E-state index contributed by atoms with van der Waals surface area (Å²) in [5.74, 6) is 1.25. The number of carbonyl (C=O) groups is 2. The van der Waals surface area contributed by atoms with Crippen LogP contribution in [0.25, 0.3) is 0 Å². The molecule has 3 aliphatic rings. The Morgan fingerprint density at radius 2 is 1.76 bits per heavy atom. The Hall–Kier alpha value is -2.61. The van der Waals surface area contributed by atoms with Crippen LogP contribution in [0.3, 0.4) is 0 Å². The van der Waals surface area contributed by atoms with Crippen molar-refractivity contribution in [1.82, 2.24) is 9.80 Å². The molecular formula is C29H44N4O4. The molecule has 2 aliphatic carbocycles. The molecule has 1 amide bonds. The summed E-state index contributed by atoms with van der Waals surface area (Å²) in [6, 6.07) is 6.52. The molecule has 1 aromatic rings. The van der Waals surface area contributed by atoms with Gasteiger partial charge in [-0.3, -0.25) is 9.59 Å². The summed E-state index contributed by atoms with van der Waals surface area (Å²) in [6.45, 7) is 4.57. The predicted molar refractivity (Wildman–Crippen MR) is 145 cm³/mol. The Morgan fingerprint density at radius 3 is 2.35 bits per heavy atom. The van der Waals surface area contributed by atoms with Crippen LogP contribution in [0.2, 0.25) is 0 Å². The van der Waals surface area contributed by atoms with E-state index in [9.17, 15) is 9.59 Å². The van der Waals surface area contributed by atoms with E-state index in [1.54, 1.807) is 4.90 Å². The number of amides is 1. The van der Waals surface area contributed by atoms with Crippen molar-refractivity contribution in [3.8, 4) is 5.75 Å². The van der Waals surface area contributed by atoms with Gasteiger partial charge in [-0.25, -0.2) is 4.99 Å². The fraction of sp³-hybridized carbons (Fsp3) is 0.690. The summed E-state index contributed by atoms with van der Waals surface area (Å²) in [7, 11) is 0. The van der Waals surface area contributed by atoms with Gasteiger partial charge in [0.25, 0.3) is 0 Å². The first kappa shape index (κ1) is 27.4. The van der Waals surface area contributed by atoms with Gasteiger partial charge < -0.3 is 25.0 Å². The Morgan fingerprint density at radius 1 is 1.11 bits per heavy atom. The molecule has 1 aliphatic heterocycles. The van der Waals surface area contributed by atoms with Gasteiger partial charge in [0.2, 0.25) is 5.91 Å². The number of aldehydes is 1. The number of ether oxygens (including phenoxy) is 2. The third-order valence-electron chi connectivity index (χ3n) is 7.82. The Labute approximate surface area is 221 Å². The minimum atomic E-state index is -0.812. The molecule has 0 radical (unpaired) electrons. The second-order valence-electron chi connectivity index (χ2n) is 10.9. The molecule has 2 N–H and O–H groups in total. The third kappa shape index (κ3) is 7.03. The second-order valence-corrected chi connectivity index (χ2v) is 10.9. The molecule has 4 rings (SSSR count). The monoisotopic (exact) mass is 512 g/mol. The molecule has 1 atom stereocenters. The fourth-order valence-electron chi connectivity index (χ4n) is 6.03. The van der Waals surface area contributed by atoms with E-state index in [-0.39, 0.29) is 12.1 Å². The van der Waals surface area contributed by atoms with Crippen molar-refractivity contribution in [3.05, 3.63) is 23.8 Å². The number of rotatable bonds is 11. The van der Waals surface area contributed by atoms with Crippen LogP contribution < -0.4 is 10.5 Å². The van der Waals surface area contributed by atoms with Crippen molar-refractivity contribution < 1.29 is 19.1 Å². The summed E-state index contributed by atoms with van der Waals surface area (Å²) in [5, 5.41) is 0. The van der Waals surface area contributed by atoms with Crippen LogP contribution in [-0.4, -0.2) is 59.0 Å². The van der Waals surface area contributed by atoms with E-state index in [2.05, 4.69) is 9.89 Å². The van der Waals surface area contributed by atoms with Crippen molar-refractivity contribution in [2.75, 3.05) is 6.61 Å². The molecule has 204 valence electrons. The lowest BCUT2D eigenvalue weighted by Crippen LogP contribution is -2.48. The third-order valence-corrected chi connectivity index (χ3v) is 7.82. The maximum absolute atomic E-state index is 13.4. The second kappa shape index (κ2) is 13.3. The van der Waals surface area contributed by atoms with Gasteiger partial charge >= 0.3 is 0 Å². The Bertz CT molecular complexity index is 920. The van der Waals surface area contributed by atoms with E-state index in [0.717, 1.165) is 43.2 Å². The quantitative estimate of drug-likeness (QED) is 0.329. The van der Waals surface area contributed by atoms with E-state index < -0.39 is 6.23 Å². The smallest absolute Gasteiger partial charge is 0.223 e. The number of fused-ring (bicyclic) bond motifs is 1. The molecule has 1 aromatic carbocycles. The Balaban J connectivity index is 1.36. The fourth-order valence-corrected chi connectivity index (χ4v) is 6.03. The highest BCUT2D eigenvalue weighted by atomic mass is 16.5. The average molecular weight is 513 g/mol. The van der Waals surface area contributed by atoms with E-state index in [1.165, 1.54) is 38.5 Å². The maximum atomic E-state index is 13.4. The molecule has 37 heavy (non-hydrogen) atoms. The minimum Gasteiger partial charge on any atom is -0.493 e. The zero-order valence-corrected chi connectivity index (χ0v) is 22.6. The molecule has 0 bridgehead atoms. The normalized spacial score (nSPS) is 19.8. The average Bonchev–Trinajstić information content (AvgIpc) is 2.91. The zero-order chi connectivity index (χ0) is 26.2. The van der Waals surface area contributed by atoms with Crippen LogP contribution in [0.4, 0.5) is 5.69 Å². The van der Waals surface area contributed by atoms with Gasteiger partial charge in [0, 0.05) is 24.1 Å². The molecule has 1 heterocycles. The topological polar surface area (TPSA) is 97.5 Å². The summed E-state index contributed by atoms with van der Waals surface area (Å²) in [5.41, 5.74) is 7.76. The summed E-state index contributed by atoms with van der Waals surface area (Å²) in [6.07, 6.45) is 13.1. The number of guanidine groups is 1. The van der Waals surface area contributed by atoms with E-state index in [0.29, 0.717) is 49.7 Å². The molecule has 0 saturated heterocycles. The van der Waals surface area contributed by atoms with Gasteiger partial charge in [0.05, 0.1) is 24.9 Å². The number of nitrogens with two attached hydrogens (primary N) is 1. The van der Waals surface area contributed by atoms with Gasteiger partial charge in [-0.05, 0) is 58.1 Å². The van der Waals surface area contributed by atoms with E-state index in [1.807, 2.05) is 32.0 Å². The molecule has 0 spiro atoms. The largest absolute Gasteiger partial charge is 0.493 e. The maximum Gasteiger partial charge on any atom is 0.223 e. The van der Waals surface area contributed by atoms with E-state index in [4.69, 9.17) is 15.2 Å². The van der Waals surface area contributed by atoms with Crippen LogP contribution in [0.1, 0.15) is 96.5 Å². The van der Waals surface area contributed by atoms with Crippen LogP contribution in [-0.2, 0) is 20.9 Å². The molecule has 0 aromatic heterocycles. The highest BCUT2D eigenvalue weighted by Crippen LogP contribution is 2.34. The van der Waals surface area contributed by atoms with Crippen LogP contribution >= 0.6 is 0 Å². The number of hydrogen-bond acceptors (Lipinski definition) is 7. The van der Waals surface area contributed by atoms with Gasteiger partial charge in [0.1, 0.15) is 5.75 Å². The first-order valence-corrected chi connectivity index (χ1v) is 14.3. The summed E-state index contributed by atoms with van der Waals surface area (Å²) < 4.78 is 11.9. The number of aliphatic imine (C=N–C) groups is 1.